The Kier molecular flexibility index (Phi) is 8.36. The zero-order chi connectivity index (χ0) is 22.8. The molecule has 0 amide bonds. The molecule has 3 rings (SSSR count). The average molecular weight is 450 g/mol. The molecule has 1 N–H and O–H groups in total. The predicted octanol–water partition coefficient (Wildman–Crippen LogP) is 5.32. The summed E-state index contributed by atoms with van der Waals surface area (Å²) in [5.41, 5.74) is 6.11. The number of benzene rings is 3. The van der Waals surface area contributed by atoms with Crippen molar-refractivity contribution in [2.24, 2.45) is 5.10 Å². The van der Waals surface area contributed by atoms with E-state index in [1.54, 1.807) is 25.5 Å². The van der Waals surface area contributed by atoms with E-state index in [2.05, 4.69) is 16.6 Å². The van der Waals surface area contributed by atoms with E-state index in [1.807, 2.05) is 55.5 Å². The third-order valence-corrected chi connectivity index (χ3v) is 4.89. The standard InChI is InChI=1S/C25H24ClN3O3/c1-3-31-24-13-18(15-28-29-16-20-9-6-7-11-23(20)30-2)12-22(26)25(24)32-17-21-10-5-4-8-19(21)14-27/h4-13,15,29H,3,16-17H2,1-2H3/b28-15+. The van der Waals surface area contributed by atoms with Crippen molar-refractivity contribution in [2.75, 3.05) is 13.7 Å². The van der Waals surface area contributed by atoms with E-state index in [9.17, 15) is 5.26 Å². The molecule has 0 aliphatic heterocycles. The van der Waals surface area contributed by atoms with Gasteiger partial charge in [-0.3, -0.25) is 0 Å². The second-order valence-electron chi connectivity index (χ2n) is 6.73. The minimum Gasteiger partial charge on any atom is -0.496 e. The molecule has 3 aromatic rings. The molecule has 0 aliphatic carbocycles. The Balaban J connectivity index is 1.72. The number of para-hydroxylation sites is 1. The zero-order valence-electron chi connectivity index (χ0n) is 18.0. The van der Waals surface area contributed by atoms with Gasteiger partial charge in [0.05, 0.1) is 43.1 Å². The largest absolute Gasteiger partial charge is 0.496 e. The molecule has 0 aliphatic rings. The van der Waals surface area contributed by atoms with Gasteiger partial charge in [0, 0.05) is 11.1 Å². The van der Waals surface area contributed by atoms with Crippen molar-refractivity contribution in [1.82, 2.24) is 5.43 Å². The molecule has 0 heterocycles. The molecule has 0 aromatic heterocycles. The van der Waals surface area contributed by atoms with Crippen molar-refractivity contribution < 1.29 is 14.2 Å². The third kappa shape index (κ3) is 5.93. The van der Waals surface area contributed by atoms with E-state index < -0.39 is 0 Å². The van der Waals surface area contributed by atoms with Crippen LogP contribution in [0.25, 0.3) is 0 Å². The Morgan fingerprint density at radius 1 is 1.03 bits per heavy atom. The summed E-state index contributed by atoms with van der Waals surface area (Å²) in [7, 11) is 1.64. The smallest absolute Gasteiger partial charge is 0.180 e. The van der Waals surface area contributed by atoms with Crippen LogP contribution in [0.4, 0.5) is 0 Å². The maximum absolute atomic E-state index is 9.27. The molecule has 7 heteroatoms. The van der Waals surface area contributed by atoms with Gasteiger partial charge < -0.3 is 19.6 Å². The van der Waals surface area contributed by atoms with E-state index >= 15 is 0 Å². The van der Waals surface area contributed by atoms with Crippen LogP contribution >= 0.6 is 11.6 Å². The monoisotopic (exact) mass is 449 g/mol. The zero-order valence-corrected chi connectivity index (χ0v) is 18.7. The van der Waals surface area contributed by atoms with Gasteiger partial charge in [-0.15, -0.1) is 0 Å². The number of halogens is 1. The predicted molar refractivity (Wildman–Crippen MR) is 126 cm³/mol. The van der Waals surface area contributed by atoms with Gasteiger partial charge in [-0.05, 0) is 36.8 Å². The average Bonchev–Trinajstić information content (AvgIpc) is 2.82. The van der Waals surface area contributed by atoms with Crippen LogP contribution in [0.15, 0.2) is 65.8 Å². The van der Waals surface area contributed by atoms with Gasteiger partial charge in [-0.2, -0.15) is 10.4 Å². The number of nitrogens with zero attached hydrogens (tertiary/aromatic N) is 2. The van der Waals surface area contributed by atoms with Gasteiger partial charge in [0.2, 0.25) is 0 Å². The van der Waals surface area contributed by atoms with Gasteiger partial charge in [0.15, 0.2) is 11.5 Å². The Hall–Kier alpha value is -3.69. The molecule has 0 saturated heterocycles. The Morgan fingerprint density at radius 3 is 2.53 bits per heavy atom. The number of methoxy groups -OCH3 is 1. The van der Waals surface area contributed by atoms with Crippen LogP contribution in [0.3, 0.4) is 0 Å². The maximum atomic E-state index is 9.27. The number of rotatable bonds is 10. The molecule has 164 valence electrons. The molecule has 0 fully saturated rings. The summed E-state index contributed by atoms with van der Waals surface area (Å²) in [4.78, 5) is 0. The van der Waals surface area contributed by atoms with Crippen molar-refractivity contribution in [1.29, 1.82) is 5.26 Å². The highest BCUT2D eigenvalue weighted by atomic mass is 35.5. The molecule has 3 aromatic carbocycles. The van der Waals surface area contributed by atoms with Crippen LogP contribution in [0.5, 0.6) is 17.2 Å². The van der Waals surface area contributed by atoms with Gasteiger partial charge >= 0.3 is 0 Å². The fraction of sp³-hybridized carbons (Fsp3) is 0.200. The maximum Gasteiger partial charge on any atom is 0.180 e. The van der Waals surface area contributed by atoms with Crippen LogP contribution in [0, 0.1) is 11.3 Å². The molecule has 0 bridgehead atoms. The van der Waals surface area contributed by atoms with E-state index in [4.69, 9.17) is 25.8 Å². The highest BCUT2D eigenvalue weighted by Crippen LogP contribution is 2.37. The summed E-state index contributed by atoms with van der Waals surface area (Å²) in [6.07, 6.45) is 1.67. The van der Waals surface area contributed by atoms with Gasteiger partial charge in [-0.1, -0.05) is 48.0 Å². The van der Waals surface area contributed by atoms with Gasteiger partial charge in [0.1, 0.15) is 12.4 Å². The third-order valence-electron chi connectivity index (χ3n) is 4.61. The first-order valence-corrected chi connectivity index (χ1v) is 10.5. The molecule has 0 radical (unpaired) electrons. The molecule has 0 saturated carbocycles. The van der Waals surface area contributed by atoms with Crippen LogP contribution in [0.1, 0.15) is 29.2 Å². The first-order chi connectivity index (χ1) is 15.7. The Labute approximate surface area is 193 Å². The summed E-state index contributed by atoms with van der Waals surface area (Å²) in [5.74, 6) is 1.75. The quantitative estimate of drug-likeness (QED) is 0.335. The molecule has 0 atom stereocenters. The van der Waals surface area contributed by atoms with E-state index in [0.29, 0.717) is 35.2 Å². The lowest BCUT2D eigenvalue weighted by Gasteiger charge is -2.15. The van der Waals surface area contributed by atoms with Crippen LogP contribution in [-0.2, 0) is 13.2 Å². The van der Waals surface area contributed by atoms with Crippen LogP contribution in [-0.4, -0.2) is 19.9 Å². The molecule has 6 nitrogen and oxygen atoms in total. The van der Waals surface area contributed by atoms with Crippen molar-refractivity contribution in [3.8, 4) is 23.3 Å². The summed E-state index contributed by atoms with van der Waals surface area (Å²) >= 11 is 6.49. The molecule has 0 unspecified atom stereocenters. The fourth-order valence-corrected chi connectivity index (χ4v) is 3.34. The second kappa shape index (κ2) is 11.6. The summed E-state index contributed by atoms with van der Waals surface area (Å²) < 4.78 is 17.0. The van der Waals surface area contributed by atoms with Crippen molar-refractivity contribution in [3.05, 3.63) is 87.9 Å². The minimum atomic E-state index is 0.206. The lowest BCUT2D eigenvalue weighted by Crippen LogP contribution is -2.07. The number of hydrogen-bond acceptors (Lipinski definition) is 6. The minimum absolute atomic E-state index is 0.206. The number of hydrogen-bond donors (Lipinski definition) is 1. The fourth-order valence-electron chi connectivity index (χ4n) is 3.07. The van der Waals surface area contributed by atoms with E-state index in [0.717, 1.165) is 22.4 Å². The summed E-state index contributed by atoms with van der Waals surface area (Å²) in [6.45, 7) is 3.07. The van der Waals surface area contributed by atoms with Crippen molar-refractivity contribution >= 4 is 17.8 Å². The topological polar surface area (TPSA) is 75.9 Å². The lowest BCUT2D eigenvalue weighted by molar-refractivity contribution is 0.269. The van der Waals surface area contributed by atoms with E-state index in [1.165, 1.54) is 0 Å². The van der Waals surface area contributed by atoms with Crippen LogP contribution < -0.4 is 19.6 Å². The Morgan fingerprint density at radius 2 is 1.78 bits per heavy atom. The van der Waals surface area contributed by atoms with Crippen molar-refractivity contribution in [3.63, 3.8) is 0 Å². The van der Waals surface area contributed by atoms with Gasteiger partial charge in [0.25, 0.3) is 0 Å². The molecule has 32 heavy (non-hydrogen) atoms. The lowest BCUT2D eigenvalue weighted by atomic mass is 10.1. The van der Waals surface area contributed by atoms with E-state index in [-0.39, 0.29) is 6.61 Å². The first kappa shape index (κ1) is 23.0. The SMILES string of the molecule is CCOc1cc(/C=N/NCc2ccccc2OC)cc(Cl)c1OCc1ccccc1C#N. The Bertz CT molecular complexity index is 1130. The summed E-state index contributed by atoms with van der Waals surface area (Å²) in [6, 6.07) is 20.8. The first-order valence-electron chi connectivity index (χ1n) is 10.1. The van der Waals surface area contributed by atoms with Crippen molar-refractivity contribution in [2.45, 2.75) is 20.1 Å². The molecular weight excluding hydrogens is 426 g/mol. The normalized spacial score (nSPS) is 10.6. The molecular formula is C25H24ClN3O3. The number of ether oxygens (including phenoxy) is 3. The highest BCUT2D eigenvalue weighted by molar-refractivity contribution is 6.32. The highest BCUT2D eigenvalue weighted by Gasteiger charge is 2.13. The van der Waals surface area contributed by atoms with Gasteiger partial charge in [-0.25, -0.2) is 0 Å². The second-order valence-corrected chi connectivity index (χ2v) is 7.13. The molecule has 0 spiro atoms. The number of nitriles is 1. The summed E-state index contributed by atoms with van der Waals surface area (Å²) in [5, 5.41) is 13.9. The van der Waals surface area contributed by atoms with Crippen LogP contribution in [0.2, 0.25) is 5.02 Å². The number of hydrazone groups is 1. The number of nitrogens with one attached hydrogen (secondary N) is 1.